The maximum Gasteiger partial charge on any atom is 0.133 e. The van der Waals surface area contributed by atoms with Gasteiger partial charge < -0.3 is 10.4 Å². The van der Waals surface area contributed by atoms with E-state index in [1.165, 1.54) is 31.9 Å². The minimum atomic E-state index is 0.230. The molecule has 4 heteroatoms. The lowest BCUT2D eigenvalue weighted by Crippen LogP contribution is -2.34. The molecule has 0 spiro atoms. The number of hydrogen-bond donors (Lipinski definition) is 2. The highest BCUT2D eigenvalue weighted by Crippen LogP contribution is 2.26. The Hall–Kier alpha value is -0.740. The summed E-state index contributed by atoms with van der Waals surface area (Å²) in [5.41, 5.74) is 0.995. The quantitative estimate of drug-likeness (QED) is 0.864. The fourth-order valence-corrected chi connectivity index (χ4v) is 3.14. The predicted molar refractivity (Wildman–Crippen MR) is 72.3 cm³/mol. The molecule has 1 aromatic rings. The number of aromatic nitrogens is 1. The molecular weight excluding hydrogens is 232 g/mol. The lowest BCUT2D eigenvalue weighted by atomic mass is 9.95. The molecule has 2 unspecified atom stereocenters. The first kappa shape index (κ1) is 12.7. The van der Waals surface area contributed by atoms with E-state index in [-0.39, 0.29) is 5.75 Å². The highest BCUT2D eigenvalue weighted by atomic mass is 32.2. The van der Waals surface area contributed by atoms with Crippen molar-refractivity contribution in [3.63, 3.8) is 0 Å². The van der Waals surface area contributed by atoms with E-state index in [1.807, 2.05) is 17.8 Å². The fourth-order valence-electron chi connectivity index (χ4n) is 2.31. The molecule has 0 aromatic carbocycles. The van der Waals surface area contributed by atoms with Crippen LogP contribution in [-0.4, -0.2) is 27.6 Å². The maximum atomic E-state index is 9.15. The first-order valence-corrected chi connectivity index (χ1v) is 7.47. The van der Waals surface area contributed by atoms with Gasteiger partial charge in [0.15, 0.2) is 0 Å². The topological polar surface area (TPSA) is 45.1 Å². The van der Waals surface area contributed by atoms with Crippen LogP contribution in [0.2, 0.25) is 0 Å². The molecule has 0 radical (unpaired) electrons. The van der Waals surface area contributed by atoms with E-state index >= 15 is 0 Å². The van der Waals surface area contributed by atoms with Crippen LogP contribution in [0.3, 0.4) is 0 Å². The Morgan fingerprint density at radius 2 is 2.35 bits per heavy atom. The SMILES string of the molecule is CSC1CCCC(NCc2ccc(O)cn2)C1. The number of nitrogens with zero attached hydrogens (tertiary/aromatic N) is 1. The molecule has 3 nitrogen and oxygen atoms in total. The van der Waals surface area contributed by atoms with Gasteiger partial charge in [0, 0.05) is 17.8 Å². The standard InChI is InChI=1S/C13H20N2OS/c1-17-13-4-2-3-10(7-13)14-8-11-5-6-12(16)9-15-11/h5-6,9-10,13-14,16H,2-4,7-8H2,1H3. The highest BCUT2D eigenvalue weighted by Gasteiger charge is 2.20. The molecule has 17 heavy (non-hydrogen) atoms. The number of pyridine rings is 1. The van der Waals surface area contributed by atoms with Crippen molar-refractivity contribution in [1.29, 1.82) is 0 Å². The lowest BCUT2D eigenvalue weighted by molar-refractivity contribution is 0.378. The molecule has 1 heterocycles. The van der Waals surface area contributed by atoms with E-state index in [2.05, 4.69) is 16.6 Å². The molecule has 0 amide bonds. The summed E-state index contributed by atoms with van der Waals surface area (Å²) in [6.07, 6.45) is 8.93. The van der Waals surface area contributed by atoms with Gasteiger partial charge in [-0.3, -0.25) is 4.98 Å². The second-order valence-electron chi connectivity index (χ2n) is 4.61. The fraction of sp³-hybridized carbons (Fsp3) is 0.615. The average molecular weight is 252 g/mol. The molecule has 2 rings (SSSR count). The Bertz CT molecular complexity index is 342. The Morgan fingerprint density at radius 3 is 3.06 bits per heavy atom. The summed E-state index contributed by atoms with van der Waals surface area (Å²) in [5, 5.41) is 13.5. The normalized spacial score (nSPS) is 24.8. The van der Waals surface area contributed by atoms with Crippen molar-refractivity contribution in [1.82, 2.24) is 10.3 Å². The van der Waals surface area contributed by atoms with Gasteiger partial charge in [-0.15, -0.1) is 0 Å². The van der Waals surface area contributed by atoms with E-state index in [0.29, 0.717) is 6.04 Å². The van der Waals surface area contributed by atoms with Crippen LogP contribution in [0.25, 0.3) is 0 Å². The van der Waals surface area contributed by atoms with Crippen molar-refractivity contribution in [3.8, 4) is 5.75 Å². The number of rotatable bonds is 4. The van der Waals surface area contributed by atoms with Crippen molar-refractivity contribution >= 4 is 11.8 Å². The smallest absolute Gasteiger partial charge is 0.133 e. The Labute approximate surface area is 107 Å². The molecule has 2 atom stereocenters. The van der Waals surface area contributed by atoms with Crippen LogP contribution in [0, 0.1) is 0 Å². The van der Waals surface area contributed by atoms with Crippen molar-refractivity contribution in [2.24, 2.45) is 0 Å². The van der Waals surface area contributed by atoms with Crippen LogP contribution in [0.1, 0.15) is 31.4 Å². The maximum absolute atomic E-state index is 9.15. The van der Waals surface area contributed by atoms with Crippen molar-refractivity contribution in [2.75, 3.05) is 6.26 Å². The second kappa shape index (κ2) is 6.26. The van der Waals surface area contributed by atoms with Crippen molar-refractivity contribution in [2.45, 2.75) is 43.5 Å². The molecule has 1 saturated carbocycles. The number of aromatic hydroxyl groups is 1. The summed E-state index contributed by atoms with van der Waals surface area (Å²) >= 11 is 1.98. The third kappa shape index (κ3) is 3.89. The van der Waals surface area contributed by atoms with Gasteiger partial charge in [0.25, 0.3) is 0 Å². The predicted octanol–water partition coefficient (Wildman–Crippen LogP) is 2.55. The van der Waals surface area contributed by atoms with E-state index < -0.39 is 0 Å². The summed E-state index contributed by atoms with van der Waals surface area (Å²) in [5.74, 6) is 0.230. The minimum absolute atomic E-state index is 0.230. The van der Waals surface area contributed by atoms with E-state index in [1.54, 1.807) is 6.07 Å². The average Bonchev–Trinajstić information content (AvgIpc) is 2.38. The van der Waals surface area contributed by atoms with Gasteiger partial charge in [0.05, 0.1) is 11.9 Å². The largest absolute Gasteiger partial charge is 0.506 e. The summed E-state index contributed by atoms with van der Waals surface area (Å²) < 4.78 is 0. The van der Waals surface area contributed by atoms with Gasteiger partial charge in [-0.25, -0.2) is 0 Å². The van der Waals surface area contributed by atoms with Gasteiger partial charge in [0.2, 0.25) is 0 Å². The molecule has 1 aromatic heterocycles. The van der Waals surface area contributed by atoms with Gasteiger partial charge >= 0.3 is 0 Å². The van der Waals surface area contributed by atoms with E-state index in [9.17, 15) is 0 Å². The Morgan fingerprint density at radius 1 is 1.47 bits per heavy atom. The molecule has 0 saturated heterocycles. The van der Waals surface area contributed by atoms with Gasteiger partial charge in [-0.2, -0.15) is 11.8 Å². The zero-order valence-corrected chi connectivity index (χ0v) is 11.0. The lowest BCUT2D eigenvalue weighted by Gasteiger charge is -2.28. The first-order valence-electron chi connectivity index (χ1n) is 6.18. The molecule has 1 aliphatic carbocycles. The molecule has 1 fully saturated rings. The summed E-state index contributed by atoms with van der Waals surface area (Å²) in [6, 6.07) is 4.18. The Kier molecular flexibility index (Phi) is 4.68. The van der Waals surface area contributed by atoms with Crippen LogP contribution >= 0.6 is 11.8 Å². The second-order valence-corrected chi connectivity index (χ2v) is 5.75. The third-order valence-electron chi connectivity index (χ3n) is 3.34. The van der Waals surface area contributed by atoms with Gasteiger partial charge in [0.1, 0.15) is 5.75 Å². The van der Waals surface area contributed by atoms with Crippen molar-refractivity contribution in [3.05, 3.63) is 24.0 Å². The number of thioether (sulfide) groups is 1. The molecule has 94 valence electrons. The summed E-state index contributed by atoms with van der Waals surface area (Å²) in [6.45, 7) is 0.798. The number of nitrogens with one attached hydrogen (secondary N) is 1. The monoisotopic (exact) mass is 252 g/mol. The first-order chi connectivity index (χ1) is 8.28. The minimum Gasteiger partial charge on any atom is -0.506 e. The molecule has 2 N–H and O–H groups in total. The summed E-state index contributed by atoms with van der Waals surface area (Å²) in [4.78, 5) is 4.18. The van der Waals surface area contributed by atoms with Crippen LogP contribution in [-0.2, 0) is 6.54 Å². The van der Waals surface area contributed by atoms with E-state index in [0.717, 1.165) is 17.5 Å². The summed E-state index contributed by atoms with van der Waals surface area (Å²) in [7, 11) is 0. The van der Waals surface area contributed by atoms with Crippen LogP contribution in [0.4, 0.5) is 0 Å². The zero-order chi connectivity index (χ0) is 12.1. The molecule has 1 aliphatic rings. The highest BCUT2D eigenvalue weighted by molar-refractivity contribution is 7.99. The molecular formula is C13H20N2OS. The van der Waals surface area contributed by atoms with Crippen LogP contribution in [0.5, 0.6) is 5.75 Å². The van der Waals surface area contributed by atoms with Crippen LogP contribution in [0.15, 0.2) is 18.3 Å². The zero-order valence-electron chi connectivity index (χ0n) is 10.2. The van der Waals surface area contributed by atoms with Gasteiger partial charge in [-0.1, -0.05) is 6.42 Å². The Balaban J connectivity index is 1.79. The molecule has 0 bridgehead atoms. The van der Waals surface area contributed by atoms with E-state index in [4.69, 9.17) is 5.11 Å². The number of hydrogen-bond acceptors (Lipinski definition) is 4. The van der Waals surface area contributed by atoms with Gasteiger partial charge in [-0.05, 0) is 37.7 Å². The molecule has 0 aliphatic heterocycles. The van der Waals surface area contributed by atoms with Crippen molar-refractivity contribution < 1.29 is 5.11 Å². The third-order valence-corrected chi connectivity index (χ3v) is 4.44. The van der Waals surface area contributed by atoms with Crippen LogP contribution < -0.4 is 5.32 Å².